The van der Waals surface area contributed by atoms with Crippen LogP contribution in [0.2, 0.25) is 5.02 Å². The first-order valence-corrected chi connectivity index (χ1v) is 8.91. The highest BCUT2D eigenvalue weighted by atomic mass is 35.5. The maximum atomic E-state index is 12.3. The summed E-state index contributed by atoms with van der Waals surface area (Å²) in [4.78, 5) is 17.3. The van der Waals surface area contributed by atoms with Gasteiger partial charge in [0.15, 0.2) is 0 Å². The van der Waals surface area contributed by atoms with Crippen molar-refractivity contribution >= 4 is 34.7 Å². The van der Waals surface area contributed by atoms with Crippen LogP contribution in [0.4, 0.5) is 10.5 Å². The summed E-state index contributed by atoms with van der Waals surface area (Å²) in [5.41, 5.74) is 0.684. The maximum Gasteiger partial charge on any atom is 0.321 e. The average molecular weight is 361 g/mol. The molecule has 0 radical (unpaired) electrons. The number of hydrogen-bond acceptors (Lipinski definition) is 4. The molecule has 2 aromatic rings. The fraction of sp³-hybridized carbons (Fsp3) is 0.294. The molecule has 1 aliphatic rings. The molecule has 0 spiro atoms. The van der Waals surface area contributed by atoms with Crippen molar-refractivity contribution in [3.8, 4) is 6.07 Å². The van der Waals surface area contributed by atoms with Gasteiger partial charge in [-0.25, -0.2) is 4.79 Å². The Labute approximate surface area is 150 Å². The molecule has 124 valence electrons. The average Bonchev–Trinajstić information content (AvgIpc) is 3.10. The fourth-order valence-corrected chi connectivity index (χ4v) is 3.72. The zero-order chi connectivity index (χ0) is 16.9. The largest absolute Gasteiger partial charge is 0.322 e. The van der Waals surface area contributed by atoms with Crippen LogP contribution in [0.5, 0.6) is 0 Å². The number of amides is 2. The smallest absolute Gasteiger partial charge is 0.321 e. The van der Waals surface area contributed by atoms with Gasteiger partial charge in [0.05, 0.1) is 6.07 Å². The fourth-order valence-electron chi connectivity index (χ4n) is 2.72. The first-order chi connectivity index (χ1) is 11.7. The lowest BCUT2D eigenvalue weighted by molar-refractivity contribution is 0.132. The molecule has 1 N–H and O–H groups in total. The van der Waals surface area contributed by atoms with Crippen LogP contribution in [-0.4, -0.2) is 42.0 Å². The van der Waals surface area contributed by atoms with E-state index in [0.29, 0.717) is 36.9 Å². The second kappa shape index (κ2) is 7.67. The molecule has 1 fully saturated rings. The number of nitrogens with zero attached hydrogens (tertiary/aromatic N) is 3. The molecule has 0 saturated carbocycles. The minimum atomic E-state index is -0.233. The number of nitriles is 1. The first kappa shape index (κ1) is 16.8. The van der Waals surface area contributed by atoms with Crippen molar-refractivity contribution in [1.29, 1.82) is 5.26 Å². The van der Waals surface area contributed by atoms with Crippen LogP contribution in [0.3, 0.4) is 0 Å². The van der Waals surface area contributed by atoms with Crippen molar-refractivity contribution < 1.29 is 4.79 Å². The Balaban J connectivity index is 1.56. The Morgan fingerprint density at radius 3 is 2.67 bits per heavy atom. The van der Waals surface area contributed by atoms with Gasteiger partial charge in [0, 0.05) is 41.8 Å². The van der Waals surface area contributed by atoms with Crippen LogP contribution < -0.4 is 5.32 Å². The summed E-state index contributed by atoms with van der Waals surface area (Å²) in [6, 6.07) is 13.0. The topological polar surface area (TPSA) is 59.4 Å². The molecule has 24 heavy (non-hydrogen) atoms. The number of rotatable bonds is 3. The molecule has 1 unspecified atom stereocenters. The van der Waals surface area contributed by atoms with E-state index in [-0.39, 0.29) is 12.1 Å². The third kappa shape index (κ3) is 3.88. The standard InChI is InChI=1S/C17H17ClN4OS/c18-13-3-1-4-14(11-13)20-17(23)22-8-6-21(7-9-22)15(12-19)16-5-2-10-24-16/h1-5,10-11,15H,6-9H2,(H,20,23). The van der Waals surface area contributed by atoms with Gasteiger partial charge in [-0.05, 0) is 29.6 Å². The van der Waals surface area contributed by atoms with Crippen LogP contribution in [0.1, 0.15) is 10.9 Å². The molecule has 7 heteroatoms. The van der Waals surface area contributed by atoms with Crippen LogP contribution in [-0.2, 0) is 0 Å². The van der Waals surface area contributed by atoms with Crippen molar-refractivity contribution in [3.05, 3.63) is 51.7 Å². The number of halogens is 1. The molecule has 3 rings (SSSR count). The number of urea groups is 1. The minimum absolute atomic E-state index is 0.137. The third-order valence-electron chi connectivity index (χ3n) is 3.98. The Kier molecular flexibility index (Phi) is 5.36. The summed E-state index contributed by atoms with van der Waals surface area (Å²) >= 11 is 7.52. The van der Waals surface area contributed by atoms with Crippen molar-refractivity contribution in [2.75, 3.05) is 31.5 Å². The Hall–Kier alpha value is -2.07. The van der Waals surface area contributed by atoms with Crippen molar-refractivity contribution in [3.63, 3.8) is 0 Å². The van der Waals surface area contributed by atoms with E-state index < -0.39 is 0 Å². The minimum Gasteiger partial charge on any atom is -0.322 e. The molecule has 2 amide bonds. The van der Waals surface area contributed by atoms with Crippen molar-refractivity contribution in [2.45, 2.75) is 6.04 Å². The molecule has 1 atom stereocenters. The molecule has 2 heterocycles. The summed E-state index contributed by atoms with van der Waals surface area (Å²) in [6.45, 7) is 2.55. The number of nitrogens with one attached hydrogen (secondary N) is 1. The van der Waals surface area contributed by atoms with Gasteiger partial charge in [-0.3, -0.25) is 4.90 Å². The van der Waals surface area contributed by atoms with Gasteiger partial charge in [-0.15, -0.1) is 11.3 Å². The molecular weight excluding hydrogens is 344 g/mol. The SMILES string of the molecule is N#CC(c1cccs1)N1CCN(C(=O)Nc2cccc(Cl)c2)CC1. The van der Waals surface area contributed by atoms with E-state index in [0.717, 1.165) is 4.88 Å². The quantitative estimate of drug-likeness (QED) is 0.905. The van der Waals surface area contributed by atoms with Crippen LogP contribution in [0.25, 0.3) is 0 Å². The number of carbonyl (C=O) groups is 1. The monoisotopic (exact) mass is 360 g/mol. The second-order valence-corrected chi connectivity index (χ2v) is 6.93. The number of hydrogen-bond donors (Lipinski definition) is 1. The summed E-state index contributed by atoms with van der Waals surface area (Å²) in [7, 11) is 0. The Bertz CT molecular complexity index is 735. The predicted octanol–water partition coefficient (Wildman–Crippen LogP) is 3.82. The van der Waals surface area contributed by atoms with E-state index >= 15 is 0 Å². The van der Waals surface area contributed by atoms with Gasteiger partial charge in [0.2, 0.25) is 0 Å². The number of benzene rings is 1. The molecule has 5 nitrogen and oxygen atoms in total. The predicted molar refractivity (Wildman–Crippen MR) is 96.3 cm³/mol. The Morgan fingerprint density at radius 1 is 1.25 bits per heavy atom. The van der Waals surface area contributed by atoms with Gasteiger partial charge in [0.25, 0.3) is 0 Å². The second-order valence-electron chi connectivity index (χ2n) is 5.51. The molecule has 1 aromatic carbocycles. The summed E-state index contributed by atoms with van der Waals surface area (Å²) in [6.07, 6.45) is 0. The number of carbonyl (C=O) groups excluding carboxylic acids is 1. The highest BCUT2D eigenvalue weighted by Gasteiger charge is 2.27. The van der Waals surface area contributed by atoms with Crippen LogP contribution >= 0.6 is 22.9 Å². The molecular formula is C17H17ClN4OS. The highest BCUT2D eigenvalue weighted by molar-refractivity contribution is 7.10. The summed E-state index contributed by atoms with van der Waals surface area (Å²) in [5.74, 6) is 0. The normalized spacial score (nSPS) is 16.4. The van der Waals surface area contributed by atoms with Crippen LogP contribution in [0.15, 0.2) is 41.8 Å². The highest BCUT2D eigenvalue weighted by Crippen LogP contribution is 2.25. The van der Waals surface area contributed by atoms with Gasteiger partial charge in [-0.1, -0.05) is 23.7 Å². The van der Waals surface area contributed by atoms with E-state index in [1.807, 2.05) is 23.6 Å². The third-order valence-corrected chi connectivity index (χ3v) is 5.14. The van der Waals surface area contributed by atoms with Gasteiger partial charge in [0.1, 0.15) is 6.04 Å². The van der Waals surface area contributed by atoms with E-state index in [4.69, 9.17) is 11.6 Å². The van der Waals surface area contributed by atoms with E-state index in [9.17, 15) is 10.1 Å². The molecule has 0 bridgehead atoms. The van der Waals surface area contributed by atoms with Crippen molar-refractivity contribution in [1.82, 2.24) is 9.80 Å². The van der Waals surface area contributed by atoms with E-state index in [1.54, 1.807) is 34.4 Å². The first-order valence-electron chi connectivity index (χ1n) is 7.66. The molecule has 0 aliphatic carbocycles. The lowest BCUT2D eigenvalue weighted by Crippen LogP contribution is -2.50. The van der Waals surface area contributed by atoms with E-state index in [1.165, 1.54) is 0 Å². The van der Waals surface area contributed by atoms with Crippen molar-refractivity contribution in [2.24, 2.45) is 0 Å². The molecule has 1 aromatic heterocycles. The number of anilines is 1. The lowest BCUT2D eigenvalue weighted by Gasteiger charge is -2.36. The molecule has 1 saturated heterocycles. The van der Waals surface area contributed by atoms with Gasteiger partial charge in [-0.2, -0.15) is 5.26 Å². The Morgan fingerprint density at radius 2 is 2.04 bits per heavy atom. The van der Waals surface area contributed by atoms with Gasteiger partial charge >= 0.3 is 6.03 Å². The number of piperazine rings is 1. The lowest BCUT2D eigenvalue weighted by atomic mass is 10.2. The maximum absolute atomic E-state index is 12.3. The summed E-state index contributed by atoms with van der Waals surface area (Å²) in [5, 5.41) is 14.9. The zero-order valence-electron chi connectivity index (χ0n) is 13.0. The number of thiophene rings is 1. The summed E-state index contributed by atoms with van der Waals surface area (Å²) < 4.78 is 0. The van der Waals surface area contributed by atoms with Gasteiger partial charge < -0.3 is 10.2 Å². The molecule has 1 aliphatic heterocycles. The zero-order valence-corrected chi connectivity index (χ0v) is 14.6. The van der Waals surface area contributed by atoms with E-state index in [2.05, 4.69) is 16.3 Å². The van der Waals surface area contributed by atoms with Crippen LogP contribution in [0, 0.1) is 11.3 Å².